The lowest BCUT2D eigenvalue weighted by Crippen LogP contribution is -2.28. The van der Waals surface area contributed by atoms with Crippen LogP contribution in [0.2, 0.25) is 0 Å². The zero-order valence-corrected chi connectivity index (χ0v) is 19.2. The minimum Gasteiger partial charge on any atom is -0.494 e. The molecule has 4 rings (SSSR count). The van der Waals surface area contributed by atoms with E-state index in [1.54, 1.807) is 0 Å². The van der Waals surface area contributed by atoms with Gasteiger partial charge in [-0.15, -0.1) is 0 Å². The number of carboxylic acid groups (broad SMARTS) is 1. The SMILES string of the molecule is CCCOc1ccc(CCc2ccc(-c3noc([C@@H]4CCCN4C(=O)O)n3)cc2C(F)(F)F)cc1. The Morgan fingerprint density at radius 1 is 1.20 bits per heavy atom. The number of nitrogens with zero attached hydrogens (tertiary/aromatic N) is 3. The van der Waals surface area contributed by atoms with Crippen molar-refractivity contribution in [2.24, 2.45) is 0 Å². The summed E-state index contributed by atoms with van der Waals surface area (Å²) in [6.07, 6.45) is -2.94. The summed E-state index contributed by atoms with van der Waals surface area (Å²) in [5.41, 5.74) is 0.489. The number of hydrogen-bond acceptors (Lipinski definition) is 5. The van der Waals surface area contributed by atoms with Gasteiger partial charge < -0.3 is 14.4 Å². The smallest absolute Gasteiger partial charge is 0.416 e. The zero-order chi connectivity index (χ0) is 25.0. The molecule has 0 radical (unpaired) electrons. The molecular formula is C25H26F3N3O4. The molecular weight excluding hydrogens is 463 g/mol. The topological polar surface area (TPSA) is 88.7 Å². The number of benzene rings is 2. The number of aryl methyl sites for hydroxylation is 2. The number of hydrogen-bond donors (Lipinski definition) is 1. The maximum atomic E-state index is 13.9. The zero-order valence-electron chi connectivity index (χ0n) is 19.2. The van der Waals surface area contributed by atoms with Gasteiger partial charge in [-0.2, -0.15) is 18.2 Å². The average Bonchev–Trinajstić information content (AvgIpc) is 3.51. The lowest BCUT2D eigenvalue weighted by Gasteiger charge is -2.17. The molecule has 1 amide bonds. The predicted octanol–water partition coefficient (Wildman–Crippen LogP) is 6.14. The molecule has 186 valence electrons. The Labute approximate surface area is 200 Å². The van der Waals surface area contributed by atoms with E-state index in [0.29, 0.717) is 32.4 Å². The number of aromatic nitrogens is 2. The van der Waals surface area contributed by atoms with Gasteiger partial charge in [0.1, 0.15) is 11.8 Å². The van der Waals surface area contributed by atoms with Gasteiger partial charge in [0.25, 0.3) is 0 Å². The Balaban J connectivity index is 1.52. The van der Waals surface area contributed by atoms with Crippen molar-refractivity contribution in [3.8, 4) is 17.1 Å². The number of rotatable bonds is 8. The van der Waals surface area contributed by atoms with Crippen LogP contribution in [0.4, 0.5) is 18.0 Å². The Morgan fingerprint density at radius 3 is 2.66 bits per heavy atom. The van der Waals surface area contributed by atoms with E-state index in [-0.39, 0.29) is 29.3 Å². The Hall–Kier alpha value is -3.56. The highest BCUT2D eigenvalue weighted by molar-refractivity contribution is 5.66. The quantitative estimate of drug-likeness (QED) is 0.409. The van der Waals surface area contributed by atoms with Gasteiger partial charge in [0, 0.05) is 12.1 Å². The highest BCUT2D eigenvalue weighted by Gasteiger charge is 2.36. The van der Waals surface area contributed by atoms with E-state index >= 15 is 0 Å². The number of halogens is 3. The highest BCUT2D eigenvalue weighted by atomic mass is 19.4. The van der Waals surface area contributed by atoms with Crippen LogP contribution in [0.25, 0.3) is 11.4 Å². The van der Waals surface area contributed by atoms with Crippen molar-refractivity contribution in [2.75, 3.05) is 13.2 Å². The molecule has 1 aromatic heterocycles. The third-order valence-electron chi connectivity index (χ3n) is 5.98. The summed E-state index contributed by atoms with van der Waals surface area (Å²) < 4.78 is 52.4. The predicted molar refractivity (Wildman–Crippen MR) is 121 cm³/mol. The first kappa shape index (κ1) is 24.6. The van der Waals surface area contributed by atoms with Crippen LogP contribution in [-0.4, -0.2) is 39.4 Å². The average molecular weight is 489 g/mol. The van der Waals surface area contributed by atoms with Gasteiger partial charge in [-0.05, 0) is 61.4 Å². The molecule has 1 aliphatic heterocycles. The molecule has 0 saturated carbocycles. The fourth-order valence-electron chi connectivity index (χ4n) is 4.19. The van der Waals surface area contributed by atoms with Gasteiger partial charge in [-0.25, -0.2) is 4.79 Å². The fourth-order valence-corrected chi connectivity index (χ4v) is 4.19. The Morgan fingerprint density at radius 2 is 1.97 bits per heavy atom. The monoisotopic (exact) mass is 489 g/mol. The van der Waals surface area contributed by atoms with Gasteiger partial charge in [0.15, 0.2) is 0 Å². The van der Waals surface area contributed by atoms with Crippen molar-refractivity contribution in [2.45, 2.75) is 51.2 Å². The summed E-state index contributed by atoms with van der Waals surface area (Å²) in [5, 5.41) is 13.1. The molecule has 1 aliphatic rings. The number of amides is 1. The van der Waals surface area contributed by atoms with E-state index in [9.17, 15) is 23.1 Å². The first-order valence-electron chi connectivity index (χ1n) is 11.5. The summed E-state index contributed by atoms with van der Waals surface area (Å²) in [4.78, 5) is 16.8. The number of carbonyl (C=O) groups is 1. The normalized spacial score (nSPS) is 16.0. The standard InChI is InChI=1S/C25H26F3N3O4/c1-2-14-34-19-11-6-16(7-12-19)5-8-17-9-10-18(15-20(17)25(26,27)28)22-29-23(35-30-22)21-4-3-13-31(21)24(32)33/h6-7,9-12,15,21H,2-5,8,13-14H2,1H3,(H,32,33)/t21-/m0/s1. The summed E-state index contributed by atoms with van der Waals surface area (Å²) in [6, 6.07) is 10.8. The summed E-state index contributed by atoms with van der Waals surface area (Å²) in [5.74, 6) is 0.820. The molecule has 0 spiro atoms. The molecule has 1 N–H and O–H groups in total. The van der Waals surface area contributed by atoms with Crippen molar-refractivity contribution in [3.63, 3.8) is 0 Å². The van der Waals surface area contributed by atoms with Crippen LogP contribution in [-0.2, 0) is 19.0 Å². The largest absolute Gasteiger partial charge is 0.494 e. The van der Waals surface area contributed by atoms with Crippen LogP contribution in [0.1, 0.15) is 54.8 Å². The molecule has 2 aromatic carbocycles. The molecule has 0 unspecified atom stereocenters. The number of likely N-dealkylation sites (tertiary alicyclic amines) is 1. The third-order valence-corrected chi connectivity index (χ3v) is 5.98. The van der Waals surface area contributed by atoms with Crippen LogP contribution in [0.5, 0.6) is 5.75 Å². The molecule has 0 aliphatic carbocycles. The van der Waals surface area contributed by atoms with Crippen molar-refractivity contribution in [1.82, 2.24) is 15.0 Å². The van der Waals surface area contributed by atoms with Gasteiger partial charge in [-0.1, -0.05) is 36.3 Å². The summed E-state index contributed by atoms with van der Waals surface area (Å²) >= 11 is 0. The molecule has 7 nitrogen and oxygen atoms in total. The van der Waals surface area contributed by atoms with Crippen molar-refractivity contribution in [3.05, 3.63) is 65.0 Å². The minimum absolute atomic E-state index is 0.00282. The molecule has 0 bridgehead atoms. The second-order valence-electron chi connectivity index (χ2n) is 8.45. The lowest BCUT2D eigenvalue weighted by molar-refractivity contribution is -0.138. The minimum atomic E-state index is -4.55. The van der Waals surface area contributed by atoms with E-state index in [4.69, 9.17) is 9.26 Å². The van der Waals surface area contributed by atoms with Crippen molar-refractivity contribution < 1.29 is 32.3 Å². The van der Waals surface area contributed by atoms with E-state index < -0.39 is 23.9 Å². The highest BCUT2D eigenvalue weighted by Crippen LogP contribution is 2.36. The van der Waals surface area contributed by atoms with Gasteiger partial charge in [0.2, 0.25) is 11.7 Å². The lowest BCUT2D eigenvalue weighted by atomic mass is 9.97. The molecule has 1 saturated heterocycles. The Kier molecular flexibility index (Phi) is 7.28. The Bertz CT molecular complexity index is 1160. The molecule has 3 aromatic rings. The van der Waals surface area contributed by atoms with Crippen LogP contribution in [0, 0.1) is 0 Å². The maximum Gasteiger partial charge on any atom is 0.416 e. The number of ether oxygens (including phenoxy) is 1. The third kappa shape index (κ3) is 5.75. The van der Waals surface area contributed by atoms with E-state index in [2.05, 4.69) is 10.1 Å². The van der Waals surface area contributed by atoms with Gasteiger partial charge >= 0.3 is 12.3 Å². The first-order valence-corrected chi connectivity index (χ1v) is 11.5. The maximum absolute atomic E-state index is 13.9. The van der Waals surface area contributed by atoms with Crippen molar-refractivity contribution in [1.29, 1.82) is 0 Å². The van der Waals surface area contributed by atoms with Gasteiger partial charge in [0.05, 0.1) is 12.2 Å². The van der Waals surface area contributed by atoms with E-state index in [0.717, 1.165) is 23.8 Å². The second-order valence-corrected chi connectivity index (χ2v) is 8.45. The van der Waals surface area contributed by atoms with E-state index in [1.807, 2.05) is 31.2 Å². The van der Waals surface area contributed by atoms with Crippen LogP contribution >= 0.6 is 0 Å². The first-order chi connectivity index (χ1) is 16.8. The van der Waals surface area contributed by atoms with E-state index in [1.165, 1.54) is 17.0 Å². The molecule has 2 heterocycles. The van der Waals surface area contributed by atoms with Crippen molar-refractivity contribution >= 4 is 6.09 Å². The fraction of sp³-hybridized carbons (Fsp3) is 0.400. The molecule has 1 atom stereocenters. The van der Waals surface area contributed by atoms with Crippen LogP contribution < -0.4 is 4.74 Å². The second kappa shape index (κ2) is 10.4. The van der Waals surface area contributed by atoms with Gasteiger partial charge in [-0.3, -0.25) is 4.90 Å². The summed E-state index contributed by atoms with van der Waals surface area (Å²) in [6.45, 7) is 2.97. The number of alkyl halides is 3. The molecule has 10 heteroatoms. The molecule has 35 heavy (non-hydrogen) atoms. The molecule has 1 fully saturated rings. The van der Waals surface area contributed by atoms with Crippen LogP contribution in [0.3, 0.4) is 0 Å². The van der Waals surface area contributed by atoms with Crippen LogP contribution in [0.15, 0.2) is 47.0 Å². The summed E-state index contributed by atoms with van der Waals surface area (Å²) in [7, 11) is 0.